The van der Waals surface area contributed by atoms with Crippen molar-refractivity contribution in [2.45, 2.75) is 37.1 Å². The van der Waals surface area contributed by atoms with Crippen molar-refractivity contribution in [3.63, 3.8) is 0 Å². The van der Waals surface area contributed by atoms with Crippen molar-refractivity contribution in [3.8, 4) is 0 Å². The standard InChI is InChI=1S/C14H18BrNO5S/c1-9-11(13(17)18)7-10(8-12(9)15)22(19,20)16-14(2)3-5-21-6-4-14/h7-8,16H,3-6H2,1-2H3,(H,17,18). The smallest absolute Gasteiger partial charge is 0.336 e. The van der Waals surface area contributed by atoms with Crippen molar-refractivity contribution in [1.29, 1.82) is 0 Å². The zero-order chi connectivity index (χ0) is 16.5. The number of rotatable bonds is 4. The summed E-state index contributed by atoms with van der Waals surface area (Å²) in [6.45, 7) is 4.44. The Labute approximate surface area is 138 Å². The molecule has 1 saturated heterocycles. The second-order valence-corrected chi connectivity index (χ2v) is 8.20. The van der Waals surface area contributed by atoms with Crippen LogP contribution >= 0.6 is 15.9 Å². The molecule has 2 N–H and O–H groups in total. The molecular formula is C14H18BrNO5S. The molecule has 0 spiro atoms. The minimum atomic E-state index is -3.81. The van der Waals surface area contributed by atoms with Gasteiger partial charge >= 0.3 is 5.97 Å². The van der Waals surface area contributed by atoms with Crippen molar-refractivity contribution in [2.24, 2.45) is 0 Å². The second kappa shape index (κ2) is 6.27. The van der Waals surface area contributed by atoms with Crippen LogP contribution in [0.2, 0.25) is 0 Å². The number of halogens is 1. The predicted octanol–water partition coefficient (Wildman–Crippen LogP) is 2.30. The lowest BCUT2D eigenvalue weighted by Crippen LogP contribution is -2.49. The topological polar surface area (TPSA) is 92.7 Å². The molecule has 1 heterocycles. The van der Waals surface area contributed by atoms with E-state index in [9.17, 15) is 18.3 Å². The number of sulfonamides is 1. The monoisotopic (exact) mass is 391 g/mol. The van der Waals surface area contributed by atoms with Gasteiger partial charge in [-0.25, -0.2) is 17.9 Å². The molecule has 1 aliphatic rings. The predicted molar refractivity (Wildman–Crippen MR) is 84.6 cm³/mol. The maximum Gasteiger partial charge on any atom is 0.336 e. The Morgan fingerprint density at radius 3 is 2.50 bits per heavy atom. The number of hydrogen-bond acceptors (Lipinski definition) is 4. The van der Waals surface area contributed by atoms with Gasteiger partial charge in [-0.3, -0.25) is 0 Å². The maximum absolute atomic E-state index is 12.6. The average Bonchev–Trinajstić information content (AvgIpc) is 2.40. The minimum absolute atomic E-state index is 0.0353. The van der Waals surface area contributed by atoms with E-state index in [1.165, 1.54) is 12.1 Å². The van der Waals surface area contributed by atoms with Gasteiger partial charge in [0.15, 0.2) is 0 Å². The minimum Gasteiger partial charge on any atom is -0.478 e. The molecule has 0 saturated carbocycles. The summed E-state index contributed by atoms with van der Waals surface area (Å²) >= 11 is 3.22. The summed E-state index contributed by atoms with van der Waals surface area (Å²) in [4.78, 5) is 11.2. The van der Waals surface area contributed by atoms with Gasteiger partial charge in [-0.15, -0.1) is 0 Å². The molecule has 1 fully saturated rings. The first-order chi connectivity index (χ1) is 10.1. The van der Waals surface area contributed by atoms with Crippen molar-refractivity contribution in [2.75, 3.05) is 13.2 Å². The largest absolute Gasteiger partial charge is 0.478 e. The first-order valence-electron chi connectivity index (χ1n) is 6.80. The van der Waals surface area contributed by atoms with E-state index in [0.29, 0.717) is 36.1 Å². The lowest BCUT2D eigenvalue weighted by molar-refractivity contribution is 0.0537. The van der Waals surface area contributed by atoms with Crippen LogP contribution in [0.1, 0.15) is 35.7 Å². The fraction of sp³-hybridized carbons (Fsp3) is 0.500. The molecule has 0 atom stereocenters. The van der Waals surface area contributed by atoms with E-state index >= 15 is 0 Å². The van der Waals surface area contributed by atoms with Crippen LogP contribution in [0.3, 0.4) is 0 Å². The number of aromatic carboxylic acids is 1. The molecular weight excluding hydrogens is 374 g/mol. The van der Waals surface area contributed by atoms with Gasteiger partial charge in [0.05, 0.1) is 10.5 Å². The third-order valence-corrected chi connectivity index (χ3v) is 6.28. The van der Waals surface area contributed by atoms with Crippen LogP contribution in [0, 0.1) is 6.92 Å². The fourth-order valence-electron chi connectivity index (χ4n) is 2.34. The lowest BCUT2D eigenvalue weighted by atomic mass is 9.94. The van der Waals surface area contributed by atoms with E-state index in [-0.39, 0.29) is 10.5 Å². The molecule has 0 aliphatic carbocycles. The van der Waals surface area contributed by atoms with Crippen molar-refractivity contribution >= 4 is 31.9 Å². The molecule has 2 rings (SSSR count). The summed E-state index contributed by atoms with van der Waals surface area (Å²) in [5.41, 5.74) is -0.131. The van der Waals surface area contributed by atoms with Crippen LogP contribution in [0.4, 0.5) is 0 Å². The van der Waals surface area contributed by atoms with Crippen LogP contribution in [-0.4, -0.2) is 38.2 Å². The van der Waals surface area contributed by atoms with Gasteiger partial charge in [0.25, 0.3) is 0 Å². The molecule has 122 valence electrons. The lowest BCUT2D eigenvalue weighted by Gasteiger charge is -2.34. The summed E-state index contributed by atoms with van der Waals surface area (Å²) in [5.74, 6) is -1.16. The highest BCUT2D eigenvalue weighted by molar-refractivity contribution is 9.10. The molecule has 0 amide bonds. The SMILES string of the molecule is Cc1c(Br)cc(S(=O)(=O)NC2(C)CCOCC2)cc1C(=O)O. The fourth-order valence-corrected chi connectivity index (χ4v) is 4.47. The van der Waals surface area contributed by atoms with Gasteiger partial charge in [0.2, 0.25) is 10.0 Å². The highest BCUT2D eigenvalue weighted by atomic mass is 79.9. The van der Waals surface area contributed by atoms with Gasteiger partial charge < -0.3 is 9.84 Å². The number of carboxylic acid groups (broad SMARTS) is 1. The number of carbonyl (C=O) groups is 1. The quantitative estimate of drug-likeness (QED) is 0.821. The van der Waals surface area contributed by atoms with Gasteiger partial charge in [-0.2, -0.15) is 0 Å². The Balaban J connectivity index is 2.39. The molecule has 0 radical (unpaired) electrons. The molecule has 6 nitrogen and oxygen atoms in total. The first kappa shape index (κ1) is 17.4. The van der Waals surface area contributed by atoms with Crippen molar-refractivity contribution < 1.29 is 23.1 Å². The Morgan fingerprint density at radius 2 is 1.95 bits per heavy atom. The van der Waals surface area contributed by atoms with E-state index in [0.717, 1.165) is 0 Å². The molecule has 1 aromatic rings. The van der Waals surface area contributed by atoms with Crippen molar-refractivity contribution in [1.82, 2.24) is 4.72 Å². The Morgan fingerprint density at radius 1 is 1.36 bits per heavy atom. The van der Waals surface area contributed by atoms with Gasteiger partial charge in [-0.05, 0) is 44.4 Å². The molecule has 0 aromatic heterocycles. The summed E-state index contributed by atoms with van der Waals surface area (Å²) in [6.07, 6.45) is 1.15. The Bertz CT molecular complexity index is 695. The summed E-state index contributed by atoms with van der Waals surface area (Å²) in [7, 11) is -3.81. The molecule has 8 heteroatoms. The van der Waals surface area contributed by atoms with E-state index in [1.807, 2.05) is 6.92 Å². The second-order valence-electron chi connectivity index (χ2n) is 5.66. The van der Waals surface area contributed by atoms with Crippen LogP contribution in [0.5, 0.6) is 0 Å². The molecule has 1 aromatic carbocycles. The number of carboxylic acids is 1. The summed E-state index contributed by atoms with van der Waals surface area (Å²) in [5, 5.41) is 9.20. The average molecular weight is 392 g/mol. The molecule has 0 unspecified atom stereocenters. The molecule has 1 aliphatic heterocycles. The van der Waals surface area contributed by atoms with Crippen LogP contribution in [0.15, 0.2) is 21.5 Å². The summed E-state index contributed by atoms with van der Waals surface area (Å²) in [6, 6.07) is 2.61. The third-order valence-electron chi connectivity index (χ3n) is 3.84. The van der Waals surface area contributed by atoms with Crippen molar-refractivity contribution in [3.05, 3.63) is 27.7 Å². The maximum atomic E-state index is 12.6. The van der Waals surface area contributed by atoms with E-state index in [2.05, 4.69) is 20.7 Å². The highest BCUT2D eigenvalue weighted by Crippen LogP contribution is 2.27. The highest BCUT2D eigenvalue weighted by Gasteiger charge is 2.33. The van der Waals surface area contributed by atoms with Gasteiger partial charge in [0, 0.05) is 23.2 Å². The van der Waals surface area contributed by atoms with E-state index < -0.39 is 21.5 Å². The zero-order valence-corrected chi connectivity index (χ0v) is 14.8. The molecule has 0 bridgehead atoms. The Kier molecular flexibility index (Phi) is 4.96. The Hall–Kier alpha value is -0.960. The third kappa shape index (κ3) is 3.68. The van der Waals surface area contributed by atoms with E-state index in [1.54, 1.807) is 6.92 Å². The normalized spacial score (nSPS) is 18.1. The number of hydrogen-bond donors (Lipinski definition) is 2. The molecule has 22 heavy (non-hydrogen) atoms. The van der Waals surface area contributed by atoms with E-state index in [4.69, 9.17) is 4.74 Å². The number of nitrogens with one attached hydrogen (secondary N) is 1. The van der Waals surface area contributed by atoms with Gasteiger partial charge in [0.1, 0.15) is 0 Å². The van der Waals surface area contributed by atoms with Gasteiger partial charge in [-0.1, -0.05) is 15.9 Å². The first-order valence-corrected chi connectivity index (χ1v) is 9.07. The van der Waals surface area contributed by atoms with Crippen LogP contribution in [0.25, 0.3) is 0 Å². The van der Waals surface area contributed by atoms with Crippen LogP contribution in [-0.2, 0) is 14.8 Å². The zero-order valence-electron chi connectivity index (χ0n) is 12.3. The van der Waals surface area contributed by atoms with Crippen LogP contribution < -0.4 is 4.72 Å². The number of benzene rings is 1. The number of ether oxygens (including phenoxy) is 1. The summed E-state index contributed by atoms with van der Waals surface area (Å²) < 4.78 is 33.5.